The molecule has 1 fully saturated rings. The number of hydrazone groups is 1. The molecule has 1 aromatic heterocycles. The van der Waals surface area contributed by atoms with E-state index in [1.54, 1.807) is 51.1 Å². The number of nitrogens with one attached hydrogen (secondary N) is 1. The van der Waals surface area contributed by atoms with Gasteiger partial charge in [0.2, 0.25) is 5.91 Å². The average Bonchev–Trinajstić information content (AvgIpc) is 3.31. The third-order valence-corrected chi connectivity index (χ3v) is 5.10. The Morgan fingerprint density at radius 1 is 1.18 bits per heavy atom. The van der Waals surface area contributed by atoms with Crippen molar-refractivity contribution >= 4 is 53.4 Å². The van der Waals surface area contributed by atoms with E-state index >= 15 is 0 Å². The quantitative estimate of drug-likeness (QED) is 0.458. The highest BCUT2D eigenvalue weighted by molar-refractivity contribution is 6.42. The van der Waals surface area contributed by atoms with Crippen LogP contribution in [0, 0.1) is 0 Å². The molecule has 12 heteroatoms. The molecule has 1 aromatic carbocycles. The monoisotopic (exact) mass is 508 g/mol. The molecular formula is C22H22Cl2N4O6. The van der Waals surface area contributed by atoms with Gasteiger partial charge >= 0.3 is 12.1 Å². The molecule has 0 radical (unpaired) electrons. The summed E-state index contributed by atoms with van der Waals surface area (Å²) in [5.74, 6) is -0.671. The molecule has 1 aliphatic heterocycles. The van der Waals surface area contributed by atoms with Crippen molar-refractivity contribution in [3.63, 3.8) is 0 Å². The number of carbonyl (C=O) groups is 4. The van der Waals surface area contributed by atoms with E-state index < -0.39 is 36.1 Å². The molecule has 34 heavy (non-hydrogen) atoms. The van der Waals surface area contributed by atoms with Crippen LogP contribution in [-0.4, -0.2) is 58.8 Å². The van der Waals surface area contributed by atoms with Crippen LogP contribution < -0.4 is 5.32 Å². The van der Waals surface area contributed by atoms with Crippen molar-refractivity contribution in [3.05, 3.63) is 46.1 Å². The van der Waals surface area contributed by atoms with Crippen molar-refractivity contribution < 1.29 is 28.3 Å². The Labute approximate surface area is 205 Å². The molecule has 10 nitrogen and oxygen atoms in total. The molecule has 3 rings (SSSR count). The Balaban J connectivity index is 1.57. The van der Waals surface area contributed by atoms with E-state index in [9.17, 15) is 19.2 Å². The Morgan fingerprint density at radius 3 is 2.59 bits per heavy atom. The maximum atomic E-state index is 12.5. The molecule has 0 bridgehead atoms. The second-order valence-electron chi connectivity index (χ2n) is 8.22. The number of alkyl carbamates (subject to hydrolysis) is 1. The fourth-order valence-corrected chi connectivity index (χ4v) is 3.17. The first kappa shape index (κ1) is 25.3. The second kappa shape index (κ2) is 10.3. The van der Waals surface area contributed by atoms with Gasteiger partial charge in [0.05, 0.1) is 16.3 Å². The summed E-state index contributed by atoms with van der Waals surface area (Å²) in [4.78, 5) is 49.2. The normalized spacial score (nSPS) is 14.3. The summed E-state index contributed by atoms with van der Waals surface area (Å²) in [6.07, 6.45) is 0.285. The summed E-state index contributed by atoms with van der Waals surface area (Å²) >= 11 is 11.9. The zero-order valence-corrected chi connectivity index (χ0v) is 20.1. The zero-order chi connectivity index (χ0) is 25.0. The predicted octanol–water partition coefficient (Wildman–Crippen LogP) is 4.29. The third-order valence-electron chi connectivity index (χ3n) is 4.36. The second-order valence-corrected chi connectivity index (χ2v) is 9.03. The van der Waals surface area contributed by atoms with Gasteiger partial charge in [-0.2, -0.15) is 10.0 Å². The summed E-state index contributed by atoms with van der Waals surface area (Å²) in [7, 11) is 0. The van der Waals surface area contributed by atoms with Crippen molar-refractivity contribution in [3.8, 4) is 11.3 Å². The lowest BCUT2D eigenvalue weighted by atomic mass is 10.2. The fourth-order valence-electron chi connectivity index (χ4n) is 2.88. The molecule has 0 unspecified atom stereocenters. The Hall–Kier alpha value is -3.37. The number of halogens is 2. The summed E-state index contributed by atoms with van der Waals surface area (Å²) in [6, 6.07) is 7.43. The highest BCUT2D eigenvalue weighted by Gasteiger charge is 2.40. The van der Waals surface area contributed by atoms with Gasteiger partial charge in [0.15, 0.2) is 0 Å². The minimum atomic E-state index is -0.889. The smallest absolute Gasteiger partial charge is 0.407 e. The summed E-state index contributed by atoms with van der Waals surface area (Å²) in [6.45, 7) is 4.60. The minimum absolute atomic E-state index is 0.0992. The highest BCUT2D eigenvalue weighted by atomic mass is 35.5. The lowest BCUT2D eigenvalue weighted by molar-refractivity contribution is -0.138. The molecule has 180 valence electrons. The van der Waals surface area contributed by atoms with Crippen molar-refractivity contribution in [1.29, 1.82) is 0 Å². The maximum absolute atomic E-state index is 12.5. The van der Waals surface area contributed by atoms with E-state index in [-0.39, 0.29) is 13.0 Å². The van der Waals surface area contributed by atoms with Crippen molar-refractivity contribution in [2.75, 3.05) is 13.1 Å². The number of furan rings is 1. The number of imide groups is 3. The first-order valence-electron chi connectivity index (χ1n) is 10.2. The number of rotatable bonds is 6. The van der Waals surface area contributed by atoms with Crippen molar-refractivity contribution in [2.45, 2.75) is 32.8 Å². The largest absolute Gasteiger partial charge is 0.455 e. The lowest BCUT2D eigenvalue weighted by Crippen LogP contribution is -2.40. The molecule has 2 aromatic rings. The van der Waals surface area contributed by atoms with Gasteiger partial charge in [0.25, 0.3) is 5.91 Å². The first-order valence-corrected chi connectivity index (χ1v) is 10.9. The standard InChI is InChI=1S/C22H22Cl2N4O6/c1-22(2,3)34-20(31)25-9-8-18(29)28-19(30)12-27(21(28)32)26-11-14-5-7-17(33-14)13-4-6-15(23)16(24)10-13/h4-7,10-11H,8-9,12H2,1-3H3,(H,25,31). The topological polar surface area (TPSA) is 122 Å². The number of nitrogens with zero attached hydrogens (tertiary/aromatic N) is 3. The summed E-state index contributed by atoms with van der Waals surface area (Å²) < 4.78 is 10.7. The third kappa shape index (κ3) is 6.36. The van der Waals surface area contributed by atoms with Crippen LogP contribution in [-0.2, 0) is 14.3 Å². The van der Waals surface area contributed by atoms with Crippen LogP contribution in [0.5, 0.6) is 0 Å². The van der Waals surface area contributed by atoms with E-state index in [0.717, 1.165) is 5.01 Å². The molecule has 0 saturated carbocycles. The first-order chi connectivity index (χ1) is 15.9. The number of amides is 5. The van der Waals surface area contributed by atoms with Gasteiger partial charge in [-0.15, -0.1) is 0 Å². The van der Waals surface area contributed by atoms with Gasteiger partial charge in [0.1, 0.15) is 23.7 Å². The van der Waals surface area contributed by atoms with Crippen LogP contribution in [0.1, 0.15) is 33.0 Å². The molecule has 1 saturated heterocycles. The van der Waals surface area contributed by atoms with Gasteiger partial charge in [-0.25, -0.2) is 14.6 Å². The minimum Gasteiger partial charge on any atom is -0.455 e. The van der Waals surface area contributed by atoms with Crippen LogP contribution in [0.3, 0.4) is 0 Å². The maximum Gasteiger partial charge on any atom is 0.407 e. The zero-order valence-electron chi connectivity index (χ0n) is 18.6. The van der Waals surface area contributed by atoms with E-state index in [1.807, 2.05) is 0 Å². The Kier molecular flexibility index (Phi) is 7.63. The molecule has 2 heterocycles. The Bertz CT molecular complexity index is 1150. The number of urea groups is 1. The van der Waals surface area contributed by atoms with Gasteiger partial charge in [-0.3, -0.25) is 9.59 Å². The molecule has 5 amide bonds. The number of benzene rings is 1. The van der Waals surface area contributed by atoms with Crippen LogP contribution in [0.25, 0.3) is 11.3 Å². The Morgan fingerprint density at radius 2 is 1.91 bits per heavy atom. The van der Waals surface area contributed by atoms with E-state index in [4.69, 9.17) is 32.4 Å². The van der Waals surface area contributed by atoms with Gasteiger partial charge < -0.3 is 14.5 Å². The highest BCUT2D eigenvalue weighted by Crippen LogP contribution is 2.29. The predicted molar refractivity (Wildman–Crippen MR) is 125 cm³/mol. The number of hydrogen-bond acceptors (Lipinski definition) is 7. The van der Waals surface area contributed by atoms with Crippen LogP contribution in [0.2, 0.25) is 10.0 Å². The van der Waals surface area contributed by atoms with Crippen LogP contribution >= 0.6 is 23.2 Å². The lowest BCUT2D eigenvalue weighted by Gasteiger charge is -2.19. The number of carbonyl (C=O) groups excluding carboxylic acids is 4. The van der Waals surface area contributed by atoms with E-state index in [2.05, 4.69) is 10.4 Å². The molecule has 0 aliphatic carbocycles. The van der Waals surface area contributed by atoms with E-state index in [1.165, 1.54) is 6.21 Å². The van der Waals surface area contributed by atoms with Crippen molar-refractivity contribution in [2.24, 2.45) is 5.10 Å². The van der Waals surface area contributed by atoms with Crippen LogP contribution in [0.4, 0.5) is 9.59 Å². The summed E-state index contributed by atoms with van der Waals surface area (Å²) in [5.41, 5.74) is 0.00244. The van der Waals surface area contributed by atoms with Crippen molar-refractivity contribution in [1.82, 2.24) is 15.2 Å². The van der Waals surface area contributed by atoms with Crippen LogP contribution in [0.15, 0.2) is 39.9 Å². The molecular weight excluding hydrogens is 487 g/mol. The number of ether oxygens (including phenoxy) is 1. The number of hydrogen-bond donors (Lipinski definition) is 1. The molecule has 0 spiro atoms. The fraction of sp³-hybridized carbons (Fsp3) is 0.318. The molecule has 0 atom stereocenters. The van der Waals surface area contributed by atoms with Gasteiger partial charge in [-0.05, 0) is 51.1 Å². The van der Waals surface area contributed by atoms with Gasteiger partial charge in [-0.1, -0.05) is 23.2 Å². The van der Waals surface area contributed by atoms with Gasteiger partial charge in [0, 0.05) is 18.5 Å². The molecule has 1 N–H and O–H groups in total. The molecule has 1 aliphatic rings. The van der Waals surface area contributed by atoms with E-state index in [0.29, 0.717) is 32.0 Å². The summed E-state index contributed by atoms with van der Waals surface area (Å²) in [5, 5.41) is 8.00. The average molecular weight is 509 g/mol. The SMILES string of the molecule is CC(C)(C)OC(=O)NCCC(=O)N1C(=O)CN(N=Cc2ccc(-c3ccc(Cl)c(Cl)c3)o2)C1=O.